The first-order valence-electron chi connectivity index (χ1n) is 8.85. The zero-order chi connectivity index (χ0) is 19.3. The van der Waals surface area contributed by atoms with Gasteiger partial charge in [0.1, 0.15) is 17.9 Å². The van der Waals surface area contributed by atoms with Crippen molar-refractivity contribution in [3.05, 3.63) is 59.5 Å². The van der Waals surface area contributed by atoms with Crippen LogP contribution in [0.15, 0.2) is 42.7 Å². The van der Waals surface area contributed by atoms with Crippen LogP contribution in [0.3, 0.4) is 0 Å². The minimum atomic E-state index is -0.146. The highest BCUT2D eigenvalue weighted by Gasteiger charge is 2.34. The molecule has 0 radical (unpaired) electrons. The van der Waals surface area contributed by atoms with Crippen LogP contribution in [-0.2, 0) is 4.79 Å². The van der Waals surface area contributed by atoms with E-state index in [1.54, 1.807) is 28.4 Å². The van der Waals surface area contributed by atoms with Crippen molar-refractivity contribution in [1.82, 2.24) is 29.6 Å². The van der Waals surface area contributed by atoms with Crippen LogP contribution < -0.4 is 10.1 Å². The lowest BCUT2D eigenvalue weighted by Gasteiger charge is -2.25. The SMILES string of the molecule is COc1ccccc1C1CC(=O)Nc2c1c(C)nn2-c1ccc2nncn2n1. The summed E-state index contributed by atoms with van der Waals surface area (Å²) in [5.74, 6) is 1.73. The fraction of sp³-hybridized carbons (Fsp3) is 0.211. The molecule has 0 bridgehead atoms. The summed E-state index contributed by atoms with van der Waals surface area (Å²) in [7, 11) is 1.64. The van der Waals surface area contributed by atoms with Crippen LogP contribution in [0.25, 0.3) is 11.5 Å². The number of carbonyl (C=O) groups is 1. The molecule has 0 saturated heterocycles. The molecular formula is C19H17N7O2. The van der Waals surface area contributed by atoms with E-state index in [4.69, 9.17) is 4.74 Å². The number of methoxy groups -OCH3 is 1. The molecule has 1 aliphatic heterocycles. The number of ether oxygens (including phenoxy) is 1. The number of para-hydroxylation sites is 1. The van der Waals surface area contributed by atoms with Crippen molar-refractivity contribution in [3.8, 4) is 11.6 Å². The van der Waals surface area contributed by atoms with Gasteiger partial charge in [0.15, 0.2) is 11.5 Å². The fourth-order valence-corrected chi connectivity index (χ4v) is 3.76. The van der Waals surface area contributed by atoms with Gasteiger partial charge in [-0.05, 0) is 25.1 Å². The number of anilines is 1. The monoisotopic (exact) mass is 375 g/mol. The third-order valence-electron chi connectivity index (χ3n) is 4.98. The smallest absolute Gasteiger partial charge is 0.226 e. The maximum atomic E-state index is 12.5. The minimum absolute atomic E-state index is 0.0741. The molecule has 1 aromatic carbocycles. The Morgan fingerprint density at radius 1 is 1.18 bits per heavy atom. The van der Waals surface area contributed by atoms with Crippen LogP contribution in [0.5, 0.6) is 5.75 Å². The topological polar surface area (TPSA) is 99.2 Å². The summed E-state index contributed by atoms with van der Waals surface area (Å²) in [5.41, 5.74) is 3.40. The first-order valence-corrected chi connectivity index (χ1v) is 8.85. The van der Waals surface area contributed by atoms with E-state index in [2.05, 4.69) is 25.7 Å². The zero-order valence-electron chi connectivity index (χ0n) is 15.3. The molecule has 1 N–H and O–H groups in total. The number of aryl methyl sites for hydroxylation is 1. The highest BCUT2D eigenvalue weighted by Crippen LogP contribution is 2.42. The summed E-state index contributed by atoms with van der Waals surface area (Å²) in [6.45, 7) is 1.94. The molecule has 1 atom stereocenters. The van der Waals surface area contributed by atoms with Crippen molar-refractivity contribution in [2.24, 2.45) is 0 Å². The molecule has 4 aromatic rings. The van der Waals surface area contributed by atoms with Gasteiger partial charge in [-0.1, -0.05) is 18.2 Å². The number of hydrogen-bond acceptors (Lipinski definition) is 6. The quantitative estimate of drug-likeness (QED) is 0.589. The Labute approximate surface area is 160 Å². The van der Waals surface area contributed by atoms with E-state index in [1.807, 2.05) is 31.2 Å². The Hall–Kier alpha value is -3.75. The van der Waals surface area contributed by atoms with Gasteiger partial charge in [-0.25, -0.2) is 0 Å². The number of rotatable bonds is 3. The van der Waals surface area contributed by atoms with E-state index in [0.717, 1.165) is 22.6 Å². The maximum Gasteiger partial charge on any atom is 0.226 e. The molecule has 3 aromatic heterocycles. The van der Waals surface area contributed by atoms with Crippen LogP contribution in [-0.4, -0.2) is 42.6 Å². The van der Waals surface area contributed by atoms with Gasteiger partial charge in [0.2, 0.25) is 5.91 Å². The van der Waals surface area contributed by atoms with Gasteiger partial charge in [0.05, 0.1) is 12.8 Å². The average molecular weight is 375 g/mol. The van der Waals surface area contributed by atoms with Gasteiger partial charge in [-0.3, -0.25) is 4.79 Å². The molecule has 0 saturated carbocycles. The van der Waals surface area contributed by atoms with Crippen LogP contribution >= 0.6 is 0 Å². The molecule has 0 fully saturated rings. The summed E-state index contributed by atoms with van der Waals surface area (Å²) in [6, 6.07) is 11.4. The van der Waals surface area contributed by atoms with Crippen LogP contribution in [0.4, 0.5) is 5.82 Å². The highest BCUT2D eigenvalue weighted by molar-refractivity contribution is 5.95. The van der Waals surface area contributed by atoms with E-state index >= 15 is 0 Å². The summed E-state index contributed by atoms with van der Waals surface area (Å²) in [5, 5.41) is 19.9. The second-order valence-electron chi connectivity index (χ2n) is 6.63. The van der Waals surface area contributed by atoms with E-state index in [1.165, 1.54) is 6.33 Å². The lowest BCUT2D eigenvalue weighted by Crippen LogP contribution is -2.25. The lowest BCUT2D eigenvalue weighted by molar-refractivity contribution is -0.116. The van der Waals surface area contributed by atoms with E-state index in [0.29, 0.717) is 23.7 Å². The van der Waals surface area contributed by atoms with Gasteiger partial charge >= 0.3 is 0 Å². The molecule has 1 amide bonds. The van der Waals surface area contributed by atoms with Gasteiger partial charge in [0.25, 0.3) is 0 Å². The number of fused-ring (bicyclic) bond motifs is 2. The molecule has 1 unspecified atom stereocenters. The third kappa shape index (κ3) is 2.43. The van der Waals surface area contributed by atoms with Crippen molar-refractivity contribution >= 4 is 17.4 Å². The van der Waals surface area contributed by atoms with Crippen molar-refractivity contribution in [2.45, 2.75) is 19.3 Å². The molecule has 140 valence electrons. The average Bonchev–Trinajstić information content (AvgIpc) is 3.31. The van der Waals surface area contributed by atoms with Crippen molar-refractivity contribution in [1.29, 1.82) is 0 Å². The fourth-order valence-electron chi connectivity index (χ4n) is 3.76. The largest absolute Gasteiger partial charge is 0.496 e. The first kappa shape index (κ1) is 16.4. The number of nitrogens with zero attached hydrogens (tertiary/aromatic N) is 6. The summed E-state index contributed by atoms with van der Waals surface area (Å²) < 4.78 is 8.76. The molecule has 28 heavy (non-hydrogen) atoms. The lowest BCUT2D eigenvalue weighted by atomic mass is 9.85. The van der Waals surface area contributed by atoms with Gasteiger partial charge in [-0.2, -0.15) is 14.3 Å². The number of aromatic nitrogens is 6. The molecule has 9 nitrogen and oxygen atoms in total. The first-order chi connectivity index (χ1) is 13.7. The van der Waals surface area contributed by atoms with Gasteiger partial charge in [-0.15, -0.1) is 15.3 Å². The molecule has 5 rings (SSSR count). The van der Waals surface area contributed by atoms with E-state index in [9.17, 15) is 4.79 Å². The van der Waals surface area contributed by atoms with Crippen LogP contribution in [0.2, 0.25) is 0 Å². The predicted molar refractivity (Wildman–Crippen MR) is 101 cm³/mol. The second kappa shape index (κ2) is 6.15. The Balaban J connectivity index is 1.69. The molecule has 0 aliphatic carbocycles. The van der Waals surface area contributed by atoms with E-state index < -0.39 is 0 Å². The molecule has 1 aliphatic rings. The number of amides is 1. The number of carbonyl (C=O) groups excluding carboxylic acids is 1. The van der Waals surface area contributed by atoms with Crippen molar-refractivity contribution < 1.29 is 9.53 Å². The number of hydrogen-bond donors (Lipinski definition) is 1. The Morgan fingerprint density at radius 3 is 2.89 bits per heavy atom. The minimum Gasteiger partial charge on any atom is -0.496 e. The summed E-state index contributed by atoms with van der Waals surface area (Å²) in [4.78, 5) is 12.5. The third-order valence-corrected chi connectivity index (χ3v) is 4.98. The Bertz CT molecular complexity index is 1210. The normalized spacial score (nSPS) is 16.1. The van der Waals surface area contributed by atoms with Crippen LogP contribution in [0, 0.1) is 6.92 Å². The Morgan fingerprint density at radius 2 is 2.04 bits per heavy atom. The van der Waals surface area contributed by atoms with Crippen LogP contribution in [0.1, 0.15) is 29.2 Å². The predicted octanol–water partition coefficient (Wildman–Crippen LogP) is 2.10. The van der Waals surface area contributed by atoms with E-state index in [-0.39, 0.29) is 11.8 Å². The standard InChI is InChI=1S/C19H17N7O2/c1-11-18-13(12-5-3-4-6-14(12)28-2)9-17(27)21-19(18)26(23-11)16-8-7-15-22-20-10-25(15)24-16/h3-8,10,13H,9H2,1-2H3,(H,21,27). The van der Waals surface area contributed by atoms with Crippen molar-refractivity contribution in [2.75, 3.05) is 12.4 Å². The summed E-state index contributed by atoms with van der Waals surface area (Å²) in [6.07, 6.45) is 1.86. The number of benzene rings is 1. The maximum absolute atomic E-state index is 12.5. The van der Waals surface area contributed by atoms with Gasteiger partial charge < -0.3 is 10.1 Å². The highest BCUT2D eigenvalue weighted by atomic mass is 16.5. The molecule has 9 heteroatoms. The Kier molecular flexibility index (Phi) is 3.61. The molecular weight excluding hydrogens is 358 g/mol. The number of nitrogens with one attached hydrogen (secondary N) is 1. The zero-order valence-corrected chi connectivity index (χ0v) is 15.3. The second-order valence-corrected chi connectivity index (χ2v) is 6.63. The summed E-state index contributed by atoms with van der Waals surface area (Å²) >= 11 is 0. The molecule has 0 spiro atoms. The van der Waals surface area contributed by atoms with Gasteiger partial charge in [0, 0.05) is 23.5 Å². The van der Waals surface area contributed by atoms with Crippen molar-refractivity contribution in [3.63, 3.8) is 0 Å². The molecule has 4 heterocycles.